The van der Waals surface area contributed by atoms with Crippen molar-refractivity contribution < 1.29 is 9.90 Å². The normalized spacial score (nSPS) is 14.7. The van der Waals surface area contributed by atoms with Gasteiger partial charge in [0, 0.05) is 12.3 Å². The highest BCUT2D eigenvalue weighted by Crippen LogP contribution is 2.46. The van der Waals surface area contributed by atoms with Gasteiger partial charge in [0.05, 0.1) is 10.4 Å². The summed E-state index contributed by atoms with van der Waals surface area (Å²) in [5.41, 5.74) is 11.7. The van der Waals surface area contributed by atoms with Crippen molar-refractivity contribution in [1.82, 2.24) is 4.98 Å². The van der Waals surface area contributed by atoms with Gasteiger partial charge in [-0.05, 0) is 87.0 Å². The van der Waals surface area contributed by atoms with Gasteiger partial charge in [0.2, 0.25) is 0 Å². The molecule has 5 rings (SSSR count). The summed E-state index contributed by atoms with van der Waals surface area (Å²) >= 11 is 3.41. The number of aliphatic carboxylic acids is 1. The predicted octanol–water partition coefficient (Wildman–Crippen LogP) is 8.04. The second-order valence-corrected chi connectivity index (χ2v) is 10.3. The molecule has 0 unspecified atom stereocenters. The van der Waals surface area contributed by atoms with Crippen molar-refractivity contribution in [3.63, 3.8) is 0 Å². The van der Waals surface area contributed by atoms with Crippen LogP contribution in [0.25, 0.3) is 27.7 Å². The summed E-state index contributed by atoms with van der Waals surface area (Å²) in [6.07, 6.45) is 8.43. The fraction of sp³-hybridized carbons (Fsp3) is 0.172. The number of carboxylic acid groups (broad SMARTS) is 1. The third-order valence-corrected chi connectivity index (χ3v) is 8.12. The average molecular weight is 484 g/mol. The number of hydrogen-bond donors (Lipinski definition) is 1. The van der Waals surface area contributed by atoms with Gasteiger partial charge < -0.3 is 5.11 Å². The molecule has 4 aromatic rings. The standard InChI is InChI=1S/C29H25NO2S2/c1-19-16-33-17-25(19)29(22-3-2-4-22)28(23-8-5-20(6-9-23)7-14-27(31)32)24-12-10-21(11-13-24)26-15-30-18-34-26/h5-18,22H,2-4H2,1H3,(H,31,32). The molecule has 3 nitrogen and oxygen atoms in total. The summed E-state index contributed by atoms with van der Waals surface area (Å²) in [6.45, 7) is 2.20. The molecular weight excluding hydrogens is 458 g/mol. The van der Waals surface area contributed by atoms with Crippen molar-refractivity contribution in [3.8, 4) is 10.4 Å². The lowest BCUT2D eigenvalue weighted by molar-refractivity contribution is -0.131. The van der Waals surface area contributed by atoms with E-state index in [1.165, 1.54) is 63.6 Å². The van der Waals surface area contributed by atoms with Crippen LogP contribution in [0.3, 0.4) is 0 Å². The average Bonchev–Trinajstić information content (AvgIpc) is 3.49. The number of rotatable bonds is 7. The van der Waals surface area contributed by atoms with Crippen LogP contribution >= 0.6 is 22.7 Å². The quantitative estimate of drug-likeness (QED) is 0.271. The minimum atomic E-state index is -0.939. The van der Waals surface area contributed by atoms with Crippen molar-refractivity contribution >= 4 is 45.9 Å². The van der Waals surface area contributed by atoms with Crippen LogP contribution in [0, 0.1) is 12.8 Å². The maximum atomic E-state index is 10.9. The van der Waals surface area contributed by atoms with E-state index in [0.717, 1.165) is 11.1 Å². The highest BCUT2D eigenvalue weighted by Gasteiger charge is 2.28. The highest BCUT2D eigenvalue weighted by molar-refractivity contribution is 7.13. The van der Waals surface area contributed by atoms with Crippen LogP contribution in [0.1, 0.15) is 47.1 Å². The van der Waals surface area contributed by atoms with E-state index >= 15 is 0 Å². The zero-order valence-electron chi connectivity index (χ0n) is 18.9. The zero-order chi connectivity index (χ0) is 23.5. The van der Waals surface area contributed by atoms with E-state index in [-0.39, 0.29) is 0 Å². The lowest BCUT2D eigenvalue weighted by Gasteiger charge is -2.31. The van der Waals surface area contributed by atoms with Crippen molar-refractivity contribution in [2.75, 3.05) is 0 Å². The third kappa shape index (κ3) is 4.67. The fourth-order valence-electron chi connectivity index (χ4n) is 4.46. The number of carboxylic acids is 1. The number of nitrogens with zero attached hydrogens (tertiary/aromatic N) is 1. The molecule has 2 aromatic carbocycles. The monoisotopic (exact) mass is 483 g/mol. The molecule has 1 N–H and O–H groups in total. The second kappa shape index (κ2) is 9.92. The van der Waals surface area contributed by atoms with Crippen molar-refractivity contribution in [2.24, 2.45) is 5.92 Å². The first kappa shape index (κ1) is 22.5. The Morgan fingerprint density at radius 1 is 1.03 bits per heavy atom. The SMILES string of the molecule is Cc1cscc1C(=C(c1ccc(C=CC(=O)O)cc1)c1ccc(-c2cncs2)cc1)C1CCC1. The first-order valence-corrected chi connectivity index (χ1v) is 13.2. The molecule has 1 fully saturated rings. The Hall–Kier alpha value is -3.28. The first-order valence-electron chi connectivity index (χ1n) is 11.4. The van der Waals surface area contributed by atoms with E-state index in [9.17, 15) is 4.79 Å². The van der Waals surface area contributed by atoms with Crippen molar-refractivity contribution in [3.05, 3.63) is 105 Å². The van der Waals surface area contributed by atoms with Gasteiger partial charge in [-0.15, -0.1) is 11.3 Å². The minimum Gasteiger partial charge on any atom is -0.478 e. The molecule has 0 aliphatic heterocycles. The van der Waals surface area contributed by atoms with Crippen LogP contribution < -0.4 is 0 Å². The van der Waals surface area contributed by atoms with Gasteiger partial charge in [-0.1, -0.05) is 55.0 Å². The van der Waals surface area contributed by atoms with E-state index in [1.54, 1.807) is 28.7 Å². The Bertz CT molecular complexity index is 1340. The lowest BCUT2D eigenvalue weighted by atomic mass is 9.73. The minimum absolute atomic E-state index is 0.552. The molecule has 0 saturated heterocycles. The Kier molecular flexibility index (Phi) is 6.57. The smallest absolute Gasteiger partial charge is 0.328 e. The number of benzene rings is 2. The summed E-state index contributed by atoms with van der Waals surface area (Å²) < 4.78 is 0. The van der Waals surface area contributed by atoms with E-state index < -0.39 is 5.97 Å². The second-order valence-electron chi connectivity index (χ2n) is 8.62. The van der Waals surface area contributed by atoms with Gasteiger partial charge in [-0.2, -0.15) is 11.3 Å². The molecule has 0 bridgehead atoms. The molecule has 170 valence electrons. The van der Waals surface area contributed by atoms with Crippen LogP contribution in [-0.2, 0) is 4.79 Å². The highest BCUT2D eigenvalue weighted by atomic mass is 32.1. The predicted molar refractivity (Wildman–Crippen MR) is 143 cm³/mol. The number of aryl methyl sites for hydroxylation is 1. The van der Waals surface area contributed by atoms with Crippen LogP contribution in [0.4, 0.5) is 0 Å². The van der Waals surface area contributed by atoms with E-state index in [4.69, 9.17) is 5.11 Å². The van der Waals surface area contributed by atoms with E-state index in [2.05, 4.69) is 59.1 Å². The summed E-state index contributed by atoms with van der Waals surface area (Å²) in [5.74, 6) is -0.387. The van der Waals surface area contributed by atoms with Gasteiger partial charge in [-0.25, -0.2) is 4.79 Å². The zero-order valence-corrected chi connectivity index (χ0v) is 20.5. The van der Waals surface area contributed by atoms with Crippen molar-refractivity contribution in [2.45, 2.75) is 26.2 Å². The number of thiophene rings is 1. The third-order valence-electron chi connectivity index (χ3n) is 6.44. The number of hydrogen-bond acceptors (Lipinski definition) is 4. The molecule has 0 spiro atoms. The molecule has 2 heterocycles. The van der Waals surface area contributed by atoms with Gasteiger partial charge in [0.25, 0.3) is 0 Å². The summed E-state index contributed by atoms with van der Waals surface area (Å²) in [5, 5.41) is 13.5. The van der Waals surface area contributed by atoms with Crippen LogP contribution in [0.2, 0.25) is 0 Å². The summed E-state index contributed by atoms with van der Waals surface area (Å²) in [7, 11) is 0. The van der Waals surface area contributed by atoms with Gasteiger partial charge in [0.15, 0.2) is 0 Å². The van der Waals surface area contributed by atoms with Crippen LogP contribution in [-0.4, -0.2) is 16.1 Å². The van der Waals surface area contributed by atoms with Gasteiger partial charge in [0.1, 0.15) is 0 Å². The molecule has 5 heteroatoms. The fourth-order valence-corrected chi connectivity index (χ4v) is 5.93. The Morgan fingerprint density at radius 3 is 2.26 bits per heavy atom. The van der Waals surface area contributed by atoms with Gasteiger partial charge in [-0.3, -0.25) is 4.98 Å². The van der Waals surface area contributed by atoms with E-state index in [1.807, 2.05) is 23.8 Å². The van der Waals surface area contributed by atoms with Crippen LogP contribution in [0.15, 0.2) is 77.1 Å². The largest absolute Gasteiger partial charge is 0.478 e. The Balaban J connectivity index is 1.66. The number of aromatic nitrogens is 1. The maximum absolute atomic E-state index is 10.9. The van der Waals surface area contributed by atoms with Gasteiger partial charge >= 0.3 is 5.97 Å². The molecule has 1 aliphatic carbocycles. The number of carbonyl (C=O) groups is 1. The molecule has 0 radical (unpaired) electrons. The maximum Gasteiger partial charge on any atom is 0.328 e. The molecule has 0 atom stereocenters. The number of allylic oxidation sites excluding steroid dienone is 1. The molecular formula is C29H25NO2S2. The molecule has 1 aliphatic rings. The lowest BCUT2D eigenvalue weighted by Crippen LogP contribution is -2.15. The molecule has 34 heavy (non-hydrogen) atoms. The number of thiazole rings is 1. The molecule has 0 amide bonds. The summed E-state index contributed by atoms with van der Waals surface area (Å²) in [4.78, 5) is 16.3. The summed E-state index contributed by atoms with van der Waals surface area (Å²) in [6, 6.07) is 17.1. The molecule has 1 saturated carbocycles. The Labute approximate surface area is 207 Å². The first-order chi connectivity index (χ1) is 16.6. The van der Waals surface area contributed by atoms with Crippen LogP contribution in [0.5, 0.6) is 0 Å². The topological polar surface area (TPSA) is 50.2 Å². The molecule has 2 aromatic heterocycles. The Morgan fingerprint density at radius 2 is 1.74 bits per heavy atom. The van der Waals surface area contributed by atoms with Crippen molar-refractivity contribution in [1.29, 1.82) is 0 Å². The van der Waals surface area contributed by atoms with E-state index in [0.29, 0.717) is 5.92 Å².